The quantitative estimate of drug-likeness (QED) is 0.859. The summed E-state index contributed by atoms with van der Waals surface area (Å²) < 4.78 is 0. The van der Waals surface area contributed by atoms with Crippen LogP contribution in [-0.4, -0.2) is 55.6 Å². The molecule has 0 aromatic rings. The normalized spacial score (nSPS) is 40.5. The van der Waals surface area contributed by atoms with Gasteiger partial charge in [-0.2, -0.15) is 0 Å². The van der Waals surface area contributed by atoms with E-state index in [1.54, 1.807) is 0 Å². The van der Waals surface area contributed by atoms with Crippen molar-refractivity contribution >= 4 is 0 Å². The van der Waals surface area contributed by atoms with Gasteiger partial charge < -0.3 is 15.5 Å². The zero-order valence-electron chi connectivity index (χ0n) is 13.3. The summed E-state index contributed by atoms with van der Waals surface area (Å²) in [5.74, 6) is 2.62. The maximum atomic E-state index is 6.00. The fourth-order valence-electron chi connectivity index (χ4n) is 5.06. The fraction of sp³-hybridized carbons (Fsp3) is 1.00. The summed E-state index contributed by atoms with van der Waals surface area (Å²) in [5, 5.41) is 0. The van der Waals surface area contributed by atoms with Gasteiger partial charge >= 0.3 is 0 Å². The summed E-state index contributed by atoms with van der Waals surface area (Å²) in [5.41, 5.74) is 6.00. The van der Waals surface area contributed by atoms with Crippen LogP contribution in [0.3, 0.4) is 0 Å². The average Bonchev–Trinajstić information content (AvgIpc) is 2.48. The molecule has 3 nitrogen and oxygen atoms in total. The predicted molar refractivity (Wildman–Crippen MR) is 84.7 cm³/mol. The molecule has 4 atom stereocenters. The van der Waals surface area contributed by atoms with Crippen molar-refractivity contribution in [2.45, 2.75) is 51.0 Å². The second kappa shape index (κ2) is 6.76. The SMILES string of the molecule is CN1CCCC2CN(CC3CCCCC3CN)CCC21. The Bertz CT molecular complexity index is 307. The van der Waals surface area contributed by atoms with E-state index in [1.807, 2.05) is 0 Å². The van der Waals surface area contributed by atoms with Crippen LogP contribution in [0.4, 0.5) is 0 Å². The Morgan fingerprint density at radius 1 is 0.950 bits per heavy atom. The Hall–Kier alpha value is -0.120. The van der Waals surface area contributed by atoms with Crippen molar-refractivity contribution in [3.8, 4) is 0 Å². The van der Waals surface area contributed by atoms with Gasteiger partial charge in [0.1, 0.15) is 0 Å². The molecule has 0 aromatic carbocycles. The van der Waals surface area contributed by atoms with Crippen molar-refractivity contribution in [2.24, 2.45) is 23.5 Å². The lowest BCUT2D eigenvalue weighted by molar-refractivity contribution is 0.0246. The minimum absolute atomic E-state index is 0.801. The first-order valence-electron chi connectivity index (χ1n) is 8.90. The van der Waals surface area contributed by atoms with Crippen LogP contribution in [0.5, 0.6) is 0 Å². The molecule has 2 saturated heterocycles. The molecule has 0 bridgehead atoms. The van der Waals surface area contributed by atoms with Crippen molar-refractivity contribution in [3.63, 3.8) is 0 Å². The summed E-state index contributed by atoms with van der Waals surface area (Å²) in [7, 11) is 2.33. The van der Waals surface area contributed by atoms with Gasteiger partial charge in [0.05, 0.1) is 0 Å². The van der Waals surface area contributed by atoms with Crippen molar-refractivity contribution < 1.29 is 0 Å². The van der Waals surface area contributed by atoms with Crippen molar-refractivity contribution in [1.82, 2.24) is 9.80 Å². The molecule has 2 heterocycles. The van der Waals surface area contributed by atoms with Gasteiger partial charge in [0.2, 0.25) is 0 Å². The summed E-state index contributed by atoms with van der Waals surface area (Å²) in [4.78, 5) is 5.40. The smallest absolute Gasteiger partial charge is 0.0145 e. The van der Waals surface area contributed by atoms with Crippen LogP contribution in [0.1, 0.15) is 44.9 Å². The van der Waals surface area contributed by atoms with Crippen LogP contribution >= 0.6 is 0 Å². The van der Waals surface area contributed by atoms with E-state index in [0.717, 1.165) is 30.3 Å². The molecule has 3 rings (SSSR count). The van der Waals surface area contributed by atoms with Gasteiger partial charge in [-0.15, -0.1) is 0 Å². The molecule has 0 spiro atoms. The monoisotopic (exact) mass is 279 g/mol. The number of rotatable bonds is 3. The van der Waals surface area contributed by atoms with Crippen LogP contribution in [0.25, 0.3) is 0 Å². The maximum Gasteiger partial charge on any atom is 0.0145 e. The second-order valence-electron chi connectivity index (χ2n) is 7.54. The van der Waals surface area contributed by atoms with Crippen LogP contribution in [-0.2, 0) is 0 Å². The van der Waals surface area contributed by atoms with Gasteiger partial charge in [0.25, 0.3) is 0 Å². The lowest BCUT2D eigenvalue weighted by Crippen LogP contribution is -2.53. The highest BCUT2D eigenvalue weighted by Crippen LogP contribution is 2.33. The van der Waals surface area contributed by atoms with E-state index in [1.165, 1.54) is 71.1 Å². The lowest BCUT2D eigenvalue weighted by Gasteiger charge is -2.47. The minimum Gasteiger partial charge on any atom is -0.330 e. The van der Waals surface area contributed by atoms with Crippen LogP contribution in [0.2, 0.25) is 0 Å². The highest BCUT2D eigenvalue weighted by atomic mass is 15.2. The molecule has 0 radical (unpaired) electrons. The number of hydrogen-bond acceptors (Lipinski definition) is 3. The first-order valence-corrected chi connectivity index (χ1v) is 8.90. The van der Waals surface area contributed by atoms with E-state index < -0.39 is 0 Å². The maximum absolute atomic E-state index is 6.00. The standard InChI is InChI=1S/C17H33N3/c1-19-9-4-7-16-13-20(10-8-17(16)19)12-15-6-3-2-5-14(15)11-18/h14-17H,2-13,18H2,1H3. The van der Waals surface area contributed by atoms with Gasteiger partial charge in [0.15, 0.2) is 0 Å². The van der Waals surface area contributed by atoms with Gasteiger partial charge in [-0.25, -0.2) is 0 Å². The number of piperidine rings is 2. The molecule has 0 aromatic heterocycles. The van der Waals surface area contributed by atoms with Gasteiger partial charge in [-0.05, 0) is 76.5 Å². The van der Waals surface area contributed by atoms with E-state index in [9.17, 15) is 0 Å². The molecule has 0 amide bonds. The van der Waals surface area contributed by atoms with E-state index in [4.69, 9.17) is 5.73 Å². The van der Waals surface area contributed by atoms with Gasteiger partial charge in [0, 0.05) is 19.1 Å². The Kier molecular flexibility index (Phi) is 5.00. The lowest BCUT2D eigenvalue weighted by atomic mass is 9.78. The van der Waals surface area contributed by atoms with Crippen molar-refractivity contribution in [2.75, 3.05) is 39.8 Å². The number of likely N-dealkylation sites (tertiary alicyclic amines) is 2. The summed E-state index contributed by atoms with van der Waals surface area (Å²) in [6, 6.07) is 0.872. The topological polar surface area (TPSA) is 32.5 Å². The number of fused-ring (bicyclic) bond motifs is 1. The van der Waals surface area contributed by atoms with Gasteiger partial charge in [-0.1, -0.05) is 12.8 Å². The second-order valence-corrected chi connectivity index (χ2v) is 7.54. The number of nitrogens with zero attached hydrogens (tertiary/aromatic N) is 2. The average molecular weight is 279 g/mol. The number of hydrogen-bond donors (Lipinski definition) is 1. The molecule has 2 aliphatic heterocycles. The minimum atomic E-state index is 0.801. The highest BCUT2D eigenvalue weighted by molar-refractivity contribution is 4.90. The van der Waals surface area contributed by atoms with Crippen LogP contribution in [0, 0.1) is 17.8 Å². The Balaban J connectivity index is 1.53. The third-order valence-electron chi connectivity index (χ3n) is 6.29. The van der Waals surface area contributed by atoms with E-state index in [2.05, 4.69) is 16.8 Å². The fourth-order valence-corrected chi connectivity index (χ4v) is 5.06. The molecule has 4 unspecified atom stereocenters. The van der Waals surface area contributed by atoms with Crippen LogP contribution in [0.15, 0.2) is 0 Å². The first-order chi connectivity index (χ1) is 9.78. The molecule has 2 N–H and O–H groups in total. The van der Waals surface area contributed by atoms with Crippen LogP contribution < -0.4 is 5.73 Å². The highest BCUT2D eigenvalue weighted by Gasteiger charge is 2.35. The molecule has 116 valence electrons. The zero-order chi connectivity index (χ0) is 13.9. The molecule has 3 fully saturated rings. The first kappa shape index (κ1) is 14.8. The molecule has 1 aliphatic carbocycles. The van der Waals surface area contributed by atoms with E-state index >= 15 is 0 Å². The molecule has 20 heavy (non-hydrogen) atoms. The third-order valence-corrected chi connectivity index (χ3v) is 6.29. The Labute approximate surface area is 124 Å². The van der Waals surface area contributed by atoms with Crippen molar-refractivity contribution in [3.05, 3.63) is 0 Å². The summed E-state index contributed by atoms with van der Waals surface area (Å²) in [6.45, 7) is 6.23. The third kappa shape index (κ3) is 3.20. The van der Waals surface area contributed by atoms with E-state index in [0.29, 0.717) is 0 Å². The molecule has 3 heteroatoms. The predicted octanol–water partition coefficient (Wildman–Crippen LogP) is 2.17. The summed E-state index contributed by atoms with van der Waals surface area (Å²) in [6.07, 6.45) is 9.89. The van der Waals surface area contributed by atoms with E-state index in [-0.39, 0.29) is 0 Å². The zero-order valence-corrected chi connectivity index (χ0v) is 13.3. The Morgan fingerprint density at radius 2 is 1.75 bits per heavy atom. The summed E-state index contributed by atoms with van der Waals surface area (Å²) >= 11 is 0. The molecule has 1 saturated carbocycles. The van der Waals surface area contributed by atoms with Crippen molar-refractivity contribution in [1.29, 1.82) is 0 Å². The number of nitrogens with two attached hydrogens (primary N) is 1. The largest absolute Gasteiger partial charge is 0.330 e. The Morgan fingerprint density at radius 3 is 2.55 bits per heavy atom. The molecule has 3 aliphatic rings. The van der Waals surface area contributed by atoms with Gasteiger partial charge in [-0.3, -0.25) is 0 Å². The molecular formula is C17H33N3. The molecular weight excluding hydrogens is 246 g/mol.